The van der Waals surface area contributed by atoms with E-state index in [2.05, 4.69) is 18.3 Å². The molecule has 1 heterocycles. The molecule has 1 N–H and O–H groups in total. The minimum absolute atomic E-state index is 0.528. The van der Waals surface area contributed by atoms with Gasteiger partial charge in [0.15, 0.2) is 0 Å². The molecule has 1 atom stereocenters. The molecule has 0 saturated heterocycles. The lowest BCUT2D eigenvalue weighted by atomic mass is 9.79. The van der Waals surface area contributed by atoms with E-state index >= 15 is 0 Å². The molecule has 1 fully saturated rings. The van der Waals surface area contributed by atoms with Crippen LogP contribution in [0.4, 0.5) is 0 Å². The van der Waals surface area contributed by atoms with Gasteiger partial charge in [0.25, 0.3) is 0 Å². The molecule has 14 heavy (non-hydrogen) atoms. The van der Waals surface area contributed by atoms with E-state index < -0.39 is 0 Å². The van der Waals surface area contributed by atoms with Crippen LogP contribution in [0.25, 0.3) is 0 Å². The second-order valence-corrected chi connectivity index (χ2v) is 5.75. The van der Waals surface area contributed by atoms with Crippen LogP contribution in [0, 0.1) is 12.8 Å². The van der Waals surface area contributed by atoms with Gasteiger partial charge >= 0.3 is 0 Å². The molecule has 2 rings (SSSR count). The molecule has 0 amide bonds. The van der Waals surface area contributed by atoms with Crippen LogP contribution in [0.15, 0.2) is 6.07 Å². The first kappa shape index (κ1) is 10.5. The third-order valence-corrected chi connectivity index (χ3v) is 4.75. The average Bonchev–Trinajstić information content (AvgIpc) is 2.39. The molecule has 1 unspecified atom stereocenters. The number of halogens is 1. The van der Waals surface area contributed by atoms with E-state index in [0.29, 0.717) is 6.04 Å². The van der Waals surface area contributed by atoms with Gasteiger partial charge in [-0.05, 0) is 44.4 Å². The fourth-order valence-corrected chi connectivity index (χ4v) is 3.44. The molecule has 0 spiro atoms. The summed E-state index contributed by atoms with van der Waals surface area (Å²) in [4.78, 5) is 1.40. The van der Waals surface area contributed by atoms with Crippen molar-refractivity contribution in [2.45, 2.75) is 32.2 Å². The standard InChI is InChI=1S/C11H16ClNS/c1-7-6-9(14-11(7)12)10(13-2)8-4-3-5-8/h6,8,10,13H,3-5H2,1-2H3. The monoisotopic (exact) mass is 229 g/mol. The van der Waals surface area contributed by atoms with Gasteiger partial charge in [-0.2, -0.15) is 0 Å². The van der Waals surface area contributed by atoms with Gasteiger partial charge in [0.1, 0.15) is 0 Å². The maximum absolute atomic E-state index is 6.09. The minimum atomic E-state index is 0.528. The maximum atomic E-state index is 6.09. The molecule has 3 heteroatoms. The van der Waals surface area contributed by atoms with E-state index in [1.807, 2.05) is 7.05 Å². The van der Waals surface area contributed by atoms with Crippen LogP contribution in [-0.4, -0.2) is 7.05 Å². The van der Waals surface area contributed by atoms with Gasteiger partial charge in [0.2, 0.25) is 0 Å². The summed E-state index contributed by atoms with van der Waals surface area (Å²) in [6.07, 6.45) is 4.11. The molecule has 0 radical (unpaired) electrons. The Balaban J connectivity index is 2.17. The van der Waals surface area contributed by atoms with E-state index in [-0.39, 0.29) is 0 Å². The highest BCUT2D eigenvalue weighted by molar-refractivity contribution is 7.16. The van der Waals surface area contributed by atoms with Gasteiger partial charge < -0.3 is 5.32 Å². The zero-order chi connectivity index (χ0) is 10.1. The van der Waals surface area contributed by atoms with Crippen molar-refractivity contribution in [2.75, 3.05) is 7.05 Å². The number of hydrogen-bond acceptors (Lipinski definition) is 2. The lowest BCUT2D eigenvalue weighted by Gasteiger charge is -2.32. The van der Waals surface area contributed by atoms with Crippen LogP contribution < -0.4 is 5.32 Å². The Morgan fingerprint density at radius 1 is 1.57 bits per heavy atom. The van der Waals surface area contributed by atoms with E-state index in [4.69, 9.17) is 11.6 Å². The number of hydrogen-bond donors (Lipinski definition) is 1. The molecule has 1 aliphatic carbocycles. The van der Waals surface area contributed by atoms with Crippen LogP contribution in [-0.2, 0) is 0 Å². The summed E-state index contributed by atoms with van der Waals surface area (Å²) in [6, 6.07) is 2.76. The maximum Gasteiger partial charge on any atom is 0.0960 e. The van der Waals surface area contributed by atoms with E-state index in [1.54, 1.807) is 11.3 Å². The summed E-state index contributed by atoms with van der Waals surface area (Å²) in [6.45, 7) is 2.08. The lowest BCUT2D eigenvalue weighted by Crippen LogP contribution is -2.29. The van der Waals surface area contributed by atoms with E-state index in [0.717, 1.165) is 10.3 Å². The van der Waals surface area contributed by atoms with Gasteiger partial charge in [-0.25, -0.2) is 0 Å². The van der Waals surface area contributed by atoms with Crippen LogP contribution in [0.1, 0.15) is 35.7 Å². The van der Waals surface area contributed by atoms with Gasteiger partial charge in [-0.1, -0.05) is 18.0 Å². The molecule has 1 saturated carbocycles. The molecule has 1 aliphatic rings. The molecule has 1 aromatic heterocycles. The summed E-state index contributed by atoms with van der Waals surface area (Å²) < 4.78 is 0.944. The Morgan fingerprint density at radius 2 is 2.29 bits per heavy atom. The van der Waals surface area contributed by atoms with Crippen molar-refractivity contribution in [1.82, 2.24) is 5.32 Å². The summed E-state index contributed by atoms with van der Waals surface area (Å²) in [5.41, 5.74) is 1.21. The first-order chi connectivity index (χ1) is 6.72. The molecule has 0 aromatic carbocycles. The average molecular weight is 230 g/mol. The first-order valence-electron chi connectivity index (χ1n) is 5.15. The first-order valence-corrected chi connectivity index (χ1v) is 6.35. The van der Waals surface area contributed by atoms with Crippen molar-refractivity contribution in [3.8, 4) is 0 Å². The fraction of sp³-hybridized carbons (Fsp3) is 0.636. The Hall–Kier alpha value is -0.0500. The zero-order valence-corrected chi connectivity index (χ0v) is 10.2. The van der Waals surface area contributed by atoms with Gasteiger partial charge in [0.05, 0.1) is 4.34 Å². The summed E-state index contributed by atoms with van der Waals surface area (Å²) >= 11 is 7.81. The van der Waals surface area contributed by atoms with Crippen LogP contribution in [0.2, 0.25) is 4.34 Å². The Morgan fingerprint density at radius 3 is 2.64 bits per heavy atom. The summed E-state index contributed by atoms with van der Waals surface area (Å²) in [7, 11) is 2.05. The second-order valence-electron chi connectivity index (χ2n) is 4.06. The number of aryl methyl sites for hydroxylation is 1. The second kappa shape index (κ2) is 4.21. The number of thiophene rings is 1. The molecule has 1 aromatic rings. The van der Waals surface area contributed by atoms with Crippen molar-refractivity contribution in [3.05, 3.63) is 20.8 Å². The summed E-state index contributed by atoms with van der Waals surface area (Å²) in [5.74, 6) is 0.828. The highest BCUT2D eigenvalue weighted by atomic mass is 35.5. The topological polar surface area (TPSA) is 12.0 Å². The Labute approximate surface area is 94.5 Å². The highest BCUT2D eigenvalue weighted by Gasteiger charge is 2.28. The van der Waals surface area contributed by atoms with Crippen molar-refractivity contribution >= 4 is 22.9 Å². The fourth-order valence-electron chi connectivity index (χ4n) is 2.02. The SMILES string of the molecule is CNC(c1cc(C)c(Cl)s1)C1CCC1. The smallest absolute Gasteiger partial charge is 0.0960 e. The van der Waals surface area contributed by atoms with Crippen LogP contribution in [0.5, 0.6) is 0 Å². The Kier molecular flexibility index (Phi) is 3.15. The van der Waals surface area contributed by atoms with Crippen molar-refractivity contribution < 1.29 is 0 Å². The predicted molar refractivity (Wildman–Crippen MR) is 63.2 cm³/mol. The van der Waals surface area contributed by atoms with Crippen molar-refractivity contribution in [1.29, 1.82) is 0 Å². The Bertz CT molecular complexity index is 298. The molecular weight excluding hydrogens is 214 g/mol. The molecule has 1 nitrogen and oxygen atoms in total. The van der Waals surface area contributed by atoms with Crippen LogP contribution in [0.3, 0.4) is 0 Å². The highest BCUT2D eigenvalue weighted by Crippen LogP contribution is 2.41. The lowest BCUT2D eigenvalue weighted by molar-refractivity contribution is 0.242. The van der Waals surface area contributed by atoms with Gasteiger partial charge in [-0.3, -0.25) is 0 Å². The molecule has 0 bridgehead atoms. The van der Waals surface area contributed by atoms with E-state index in [9.17, 15) is 0 Å². The third kappa shape index (κ3) is 1.83. The molecule has 78 valence electrons. The van der Waals surface area contributed by atoms with Gasteiger partial charge in [-0.15, -0.1) is 11.3 Å². The number of rotatable bonds is 3. The van der Waals surface area contributed by atoms with Crippen molar-refractivity contribution in [2.24, 2.45) is 5.92 Å². The van der Waals surface area contributed by atoms with Crippen LogP contribution >= 0.6 is 22.9 Å². The van der Waals surface area contributed by atoms with Gasteiger partial charge in [0, 0.05) is 10.9 Å². The van der Waals surface area contributed by atoms with Crippen molar-refractivity contribution in [3.63, 3.8) is 0 Å². The third-order valence-electron chi connectivity index (χ3n) is 3.12. The summed E-state index contributed by atoms with van der Waals surface area (Å²) in [5, 5.41) is 3.41. The quantitative estimate of drug-likeness (QED) is 0.832. The number of nitrogens with one attached hydrogen (secondary N) is 1. The molecular formula is C11H16ClNS. The largest absolute Gasteiger partial charge is 0.312 e. The normalized spacial score (nSPS) is 19.4. The predicted octanol–water partition coefficient (Wildman–Crippen LogP) is 3.77. The van der Waals surface area contributed by atoms with E-state index in [1.165, 1.54) is 29.7 Å². The molecule has 0 aliphatic heterocycles. The zero-order valence-electron chi connectivity index (χ0n) is 8.64. The minimum Gasteiger partial charge on any atom is -0.312 e.